The third-order valence-electron chi connectivity index (χ3n) is 3.57. The molecule has 1 fully saturated rings. The molecule has 1 heterocycles. The summed E-state index contributed by atoms with van der Waals surface area (Å²) in [5.41, 5.74) is 1.41. The molecule has 1 N–H and O–H groups in total. The van der Waals surface area contributed by atoms with Gasteiger partial charge in [-0.2, -0.15) is 5.26 Å². The molecule has 1 aromatic carbocycles. The molecule has 0 saturated carbocycles. The van der Waals surface area contributed by atoms with Crippen LogP contribution in [0.25, 0.3) is 0 Å². The van der Waals surface area contributed by atoms with Crippen molar-refractivity contribution in [3.63, 3.8) is 0 Å². The molecule has 1 aromatic rings. The lowest BCUT2D eigenvalue weighted by atomic mass is 9.90. The van der Waals surface area contributed by atoms with Crippen LogP contribution in [0.3, 0.4) is 0 Å². The monoisotopic (exact) mass is 322 g/mol. The summed E-state index contributed by atoms with van der Waals surface area (Å²) in [4.78, 5) is 13.4. The molecular weight excluding hydrogens is 308 g/mol. The zero-order chi connectivity index (χ0) is 14.0. The van der Waals surface area contributed by atoms with Crippen molar-refractivity contribution < 1.29 is 9.90 Å². The zero-order valence-corrected chi connectivity index (χ0v) is 12.2. The van der Waals surface area contributed by atoms with E-state index in [4.69, 9.17) is 5.26 Å². The van der Waals surface area contributed by atoms with Crippen LogP contribution in [0.4, 0.5) is 5.69 Å². The fraction of sp³-hybridized carbons (Fsp3) is 0.429. The molecule has 19 heavy (non-hydrogen) atoms. The average molecular weight is 323 g/mol. The maximum absolute atomic E-state index is 11.5. The van der Waals surface area contributed by atoms with Gasteiger partial charge < -0.3 is 10.0 Å². The number of nitrogens with zero attached hydrogens (tertiary/aromatic N) is 2. The molecule has 0 aromatic heterocycles. The molecular formula is C14H15BrN2O2. The van der Waals surface area contributed by atoms with Gasteiger partial charge in [0.05, 0.1) is 17.3 Å². The smallest absolute Gasteiger partial charge is 0.326 e. The van der Waals surface area contributed by atoms with E-state index in [1.807, 2.05) is 17.9 Å². The predicted octanol–water partition coefficient (Wildman–Crippen LogP) is 3.01. The maximum Gasteiger partial charge on any atom is 0.326 e. The zero-order valence-electron chi connectivity index (χ0n) is 10.6. The number of piperidine rings is 1. The third kappa shape index (κ3) is 2.74. The van der Waals surface area contributed by atoms with Crippen LogP contribution in [-0.4, -0.2) is 23.7 Å². The van der Waals surface area contributed by atoms with Crippen LogP contribution in [0, 0.1) is 17.2 Å². The van der Waals surface area contributed by atoms with E-state index in [0.29, 0.717) is 5.56 Å². The highest BCUT2D eigenvalue weighted by Crippen LogP contribution is 2.34. The molecule has 2 rings (SSSR count). The quantitative estimate of drug-likeness (QED) is 0.909. The number of carboxylic acid groups (broad SMARTS) is 1. The fourth-order valence-electron chi connectivity index (χ4n) is 2.64. The van der Waals surface area contributed by atoms with Crippen molar-refractivity contribution in [1.82, 2.24) is 0 Å². The second-order valence-electron chi connectivity index (χ2n) is 4.87. The number of carbonyl (C=O) groups is 1. The average Bonchev–Trinajstić information content (AvgIpc) is 2.37. The molecule has 0 radical (unpaired) electrons. The van der Waals surface area contributed by atoms with E-state index in [1.165, 1.54) is 0 Å². The summed E-state index contributed by atoms with van der Waals surface area (Å²) in [5, 5.41) is 18.3. The Labute approximate surface area is 120 Å². The van der Waals surface area contributed by atoms with Gasteiger partial charge in [-0.1, -0.05) is 6.92 Å². The first-order chi connectivity index (χ1) is 9.04. The molecule has 1 aliphatic heterocycles. The lowest BCUT2D eigenvalue weighted by Crippen LogP contribution is -2.49. The molecule has 1 aliphatic rings. The van der Waals surface area contributed by atoms with Gasteiger partial charge in [0.15, 0.2) is 0 Å². The van der Waals surface area contributed by atoms with Crippen molar-refractivity contribution in [2.75, 3.05) is 11.4 Å². The van der Waals surface area contributed by atoms with Crippen LogP contribution in [0.1, 0.15) is 25.3 Å². The van der Waals surface area contributed by atoms with Gasteiger partial charge in [-0.15, -0.1) is 0 Å². The second kappa shape index (κ2) is 5.62. The second-order valence-corrected chi connectivity index (χ2v) is 5.73. The van der Waals surface area contributed by atoms with Crippen LogP contribution in [0.15, 0.2) is 22.7 Å². The lowest BCUT2D eigenvalue weighted by molar-refractivity contribution is -0.140. The van der Waals surface area contributed by atoms with E-state index in [9.17, 15) is 9.90 Å². The largest absolute Gasteiger partial charge is 0.480 e. The van der Waals surface area contributed by atoms with Crippen LogP contribution in [0.2, 0.25) is 0 Å². The lowest BCUT2D eigenvalue weighted by Gasteiger charge is -2.39. The molecule has 5 heteroatoms. The van der Waals surface area contributed by atoms with E-state index in [2.05, 4.69) is 22.0 Å². The first kappa shape index (κ1) is 13.9. The number of benzene rings is 1. The number of carboxylic acids is 1. The Kier molecular flexibility index (Phi) is 4.11. The number of halogens is 1. The van der Waals surface area contributed by atoms with Gasteiger partial charge in [-0.3, -0.25) is 0 Å². The van der Waals surface area contributed by atoms with E-state index < -0.39 is 12.0 Å². The van der Waals surface area contributed by atoms with E-state index in [1.54, 1.807) is 12.1 Å². The van der Waals surface area contributed by atoms with Crippen LogP contribution >= 0.6 is 15.9 Å². The minimum atomic E-state index is -0.788. The van der Waals surface area contributed by atoms with Crippen molar-refractivity contribution in [3.05, 3.63) is 28.2 Å². The summed E-state index contributed by atoms with van der Waals surface area (Å²) in [7, 11) is 0. The van der Waals surface area contributed by atoms with Gasteiger partial charge >= 0.3 is 5.97 Å². The molecule has 0 bridgehead atoms. The van der Waals surface area contributed by atoms with Crippen molar-refractivity contribution in [3.8, 4) is 6.07 Å². The topological polar surface area (TPSA) is 64.3 Å². The molecule has 1 saturated heterocycles. The number of aliphatic carboxylic acids is 1. The van der Waals surface area contributed by atoms with E-state index >= 15 is 0 Å². The Hall–Kier alpha value is -1.54. The highest BCUT2D eigenvalue weighted by atomic mass is 79.9. The summed E-state index contributed by atoms with van der Waals surface area (Å²) in [6.45, 7) is 2.70. The SMILES string of the molecule is CC1CCCN(c2ccc(C#N)cc2Br)C1C(=O)O. The normalized spacial score (nSPS) is 22.9. The Morgan fingerprint density at radius 2 is 2.32 bits per heavy atom. The van der Waals surface area contributed by atoms with Crippen molar-refractivity contribution in [1.29, 1.82) is 5.26 Å². The third-order valence-corrected chi connectivity index (χ3v) is 4.21. The van der Waals surface area contributed by atoms with Crippen LogP contribution < -0.4 is 4.90 Å². The summed E-state index contributed by atoms with van der Waals surface area (Å²) >= 11 is 3.43. The Morgan fingerprint density at radius 3 is 2.89 bits per heavy atom. The highest BCUT2D eigenvalue weighted by Gasteiger charge is 2.35. The Balaban J connectivity index is 2.38. The van der Waals surface area contributed by atoms with Gasteiger partial charge in [-0.25, -0.2) is 4.79 Å². The number of anilines is 1. The molecule has 0 spiro atoms. The Morgan fingerprint density at radius 1 is 1.58 bits per heavy atom. The summed E-state index contributed by atoms with van der Waals surface area (Å²) < 4.78 is 0.770. The molecule has 2 atom stereocenters. The molecule has 4 nitrogen and oxygen atoms in total. The maximum atomic E-state index is 11.5. The number of nitriles is 1. The molecule has 100 valence electrons. The van der Waals surface area contributed by atoms with Crippen molar-refractivity contribution >= 4 is 27.6 Å². The van der Waals surface area contributed by atoms with E-state index in [-0.39, 0.29) is 5.92 Å². The number of hydrogen-bond acceptors (Lipinski definition) is 3. The first-order valence-electron chi connectivity index (χ1n) is 6.23. The number of hydrogen-bond donors (Lipinski definition) is 1. The minimum Gasteiger partial charge on any atom is -0.480 e. The number of rotatable bonds is 2. The molecule has 0 aliphatic carbocycles. The Bertz CT molecular complexity index is 539. The minimum absolute atomic E-state index is 0.119. The first-order valence-corrected chi connectivity index (χ1v) is 7.03. The van der Waals surface area contributed by atoms with Gasteiger partial charge in [0.2, 0.25) is 0 Å². The van der Waals surface area contributed by atoms with Crippen LogP contribution in [0.5, 0.6) is 0 Å². The summed E-state index contributed by atoms with van der Waals surface area (Å²) in [5.74, 6) is -0.669. The summed E-state index contributed by atoms with van der Waals surface area (Å²) in [6.07, 6.45) is 1.92. The standard InChI is InChI=1S/C14H15BrN2O2/c1-9-3-2-6-17(13(9)14(18)19)12-5-4-10(8-16)7-11(12)15/h4-5,7,9,13H,2-3,6H2,1H3,(H,18,19). The van der Waals surface area contributed by atoms with Crippen molar-refractivity contribution in [2.45, 2.75) is 25.8 Å². The predicted molar refractivity (Wildman–Crippen MR) is 76.0 cm³/mol. The van der Waals surface area contributed by atoms with Gasteiger partial charge in [-0.05, 0) is 52.9 Å². The highest BCUT2D eigenvalue weighted by molar-refractivity contribution is 9.10. The van der Waals surface area contributed by atoms with Gasteiger partial charge in [0, 0.05) is 11.0 Å². The summed E-state index contributed by atoms with van der Waals surface area (Å²) in [6, 6.07) is 6.84. The van der Waals surface area contributed by atoms with E-state index in [0.717, 1.165) is 29.5 Å². The van der Waals surface area contributed by atoms with Gasteiger partial charge in [0.1, 0.15) is 6.04 Å². The van der Waals surface area contributed by atoms with Crippen LogP contribution in [-0.2, 0) is 4.79 Å². The van der Waals surface area contributed by atoms with Crippen molar-refractivity contribution in [2.24, 2.45) is 5.92 Å². The fourth-order valence-corrected chi connectivity index (χ4v) is 3.25. The molecule has 0 amide bonds. The molecule has 2 unspecified atom stereocenters. The van der Waals surface area contributed by atoms with Gasteiger partial charge in [0.25, 0.3) is 0 Å².